The highest BCUT2D eigenvalue weighted by atomic mass is 16.1. The number of nitrogens with zero attached hydrogens (tertiary/aromatic N) is 2. The molecule has 0 spiro atoms. The molecule has 1 aromatic heterocycles. The molecule has 0 unspecified atom stereocenters. The fourth-order valence-corrected chi connectivity index (χ4v) is 1.97. The number of hydrogen-bond donors (Lipinski definition) is 1. The number of hydrogen-bond acceptors (Lipinski definition) is 2. The first-order valence-corrected chi connectivity index (χ1v) is 6.72. The van der Waals surface area contributed by atoms with Crippen molar-refractivity contribution in [3.8, 4) is 0 Å². The fraction of sp³-hybridized carbons (Fsp3) is 0.250. The third-order valence-electron chi connectivity index (χ3n) is 2.98. The number of carbonyl (C=O) groups is 1. The Labute approximate surface area is 119 Å². The first kappa shape index (κ1) is 14.1. The predicted octanol–water partition coefficient (Wildman–Crippen LogP) is 3.23. The Morgan fingerprint density at radius 2 is 2.30 bits per heavy atom. The summed E-state index contributed by atoms with van der Waals surface area (Å²) in [6.07, 6.45) is 8.23. The van der Waals surface area contributed by atoms with E-state index in [0.717, 1.165) is 29.8 Å². The summed E-state index contributed by atoms with van der Waals surface area (Å²) in [7, 11) is 0. The molecule has 0 aliphatic carbocycles. The lowest BCUT2D eigenvalue weighted by Crippen LogP contribution is -2.12. The molecule has 104 valence electrons. The summed E-state index contributed by atoms with van der Waals surface area (Å²) in [4.78, 5) is 16.0. The molecule has 0 aliphatic heterocycles. The van der Waals surface area contributed by atoms with E-state index in [4.69, 9.17) is 0 Å². The third-order valence-corrected chi connectivity index (χ3v) is 2.98. The second-order valence-corrected chi connectivity index (χ2v) is 4.68. The third kappa shape index (κ3) is 3.82. The molecule has 4 heteroatoms. The standard InChI is InChI=1S/C16H19N3O/c1-3-5-13(2)16(20)18-15-7-4-6-14(10-15)11-19-9-8-17-12-19/h4-10,12H,3,11H2,1-2H3,(H,18,20)/b13-5+. The molecular formula is C16H19N3O. The van der Waals surface area contributed by atoms with Crippen molar-refractivity contribution in [3.63, 3.8) is 0 Å². The second kappa shape index (κ2) is 6.70. The molecule has 0 saturated carbocycles. The summed E-state index contributed by atoms with van der Waals surface area (Å²) in [5, 5.41) is 2.91. The number of rotatable bonds is 5. The van der Waals surface area contributed by atoms with Crippen LogP contribution in [-0.2, 0) is 11.3 Å². The van der Waals surface area contributed by atoms with Crippen molar-refractivity contribution in [2.45, 2.75) is 26.8 Å². The molecule has 0 saturated heterocycles. The summed E-state index contributed by atoms with van der Waals surface area (Å²) in [6, 6.07) is 7.86. The van der Waals surface area contributed by atoms with Gasteiger partial charge in [0.05, 0.1) is 6.33 Å². The lowest BCUT2D eigenvalue weighted by molar-refractivity contribution is -0.112. The lowest BCUT2D eigenvalue weighted by atomic mass is 10.2. The zero-order chi connectivity index (χ0) is 14.4. The van der Waals surface area contributed by atoms with Crippen LogP contribution in [0.1, 0.15) is 25.8 Å². The minimum atomic E-state index is -0.0494. The zero-order valence-corrected chi connectivity index (χ0v) is 11.8. The number of nitrogens with one attached hydrogen (secondary N) is 1. The molecule has 1 N–H and O–H groups in total. The van der Waals surface area contributed by atoms with Crippen molar-refractivity contribution in [2.24, 2.45) is 0 Å². The van der Waals surface area contributed by atoms with Crippen LogP contribution in [-0.4, -0.2) is 15.5 Å². The monoisotopic (exact) mass is 269 g/mol. The molecule has 20 heavy (non-hydrogen) atoms. The first-order valence-electron chi connectivity index (χ1n) is 6.72. The lowest BCUT2D eigenvalue weighted by Gasteiger charge is -2.08. The van der Waals surface area contributed by atoms with Gasteiger partial charge in [-0.05, 0) is 31.0 Å². The van der Waals surface area contributed by atoms with Crippen LogP contribution >= 0.6 is 0 Å². The largest absolute Gasteiger partial charge is 0.333 e. The molecule has 0 aliphatic rings. The van der Waals surface area contributed by atoms with E-state index in [0.29, 0.717) is 0 Å². The number of imidazole rings is 1. The van der Waals surface area contributed by atoms with E-state index in [-0.39, 0.29) is 5.91 Å². The van der Waals surface area contributed by atoms with Crippen molar-refractivity contribution in [2.75, 3.05) is 5.32 Å². The molecular weight excluding hydrogens is 250 g/mol. The average molecular weight is 269 g/mol. The molecule has 4 nitrogen and oxygen atoms in total. The van der Waals surface area contributed by atoms with Gasteiger partial charge in [-0.15, -0.1) is 0 Å². The second-order valence-electron chi connectivity index (χ2n) is 4.68. The van der Waals surface area contributed by atoms with Crippen LogP contribution in [0.25, 0.3) is 0 Å². The molecule has 1 aromatic carbocycles. The van der Waals surface area contributed by atoms with Crippen molar-refractivity contribution in [3.05, 3.63) is 60.2 Å². The fourth-order valence-electron chi connectivity index (χ4n) is 1.97. The van der Waals surface area contributed by atoms with Crippen LogP contribution in [0.4, 0.5) is 5.69 Å². The van der Waals surface area contributed by atoms with E-state index < -0.39 is 0 Å². The van der Waals surface area contributed by atoms with Gasteiger partial charge in [-0.25, -0.2) is 4.98 Å². The SMILES string of the molecule is CC/C=C(\C)C(=O)Nc1cccc(Cn2ccnc2)c1. The predicted molar refractivity (Wildman–Crippen MR) is 80.4 cm³/mol. The maximum Gasteiger partial charge on any atom is 0.250 e. The van der Waals surface area contributed by atoms with Gasteiger partial charge in [-0.3, -0.25) is 4.79 Å². The van der Waals surface area contributed by atoms with Gasteiger partial charge < -0.3 is 9.88 Å². The number of benzene rings is 1. The molecule has 1 heterocycles. The van der Waals surface area contributed by atoms with Gasteiger partial charge in [0, 0.05) is 30.2 Å². The highest BCUT2D eigenvalue weighted by molar-refractivity contribution is 6.03. The first-order chi connectivity index (χ1) is 9.69. The number of carbonyl (C=O) groups excluding carboxylic acids is 1. The Morgan fingerprint density at radius 3 is 3.00 bits per heavy atom. The van der Waals surface area contributed by atoms with Crippen LogP contribution in [0.5, 0.6) is 0 Å². The summed E-state index contributed by atoms with van der Waals surface area (Å²) >= 11 is 0. The summed E-state index contributed by atoms with van der Waals surface area (Å²) in [5.74, 6) is -0.0494. The van der Waals surface area contributed by atoms with Crippen LogP contribution in [0.3, 0.4) is 0 Å². The Bertz CT molecular complexity index is 600. The van der Waals surface area contributed by atoms with Crippen molar-refractivity contribution >= 4 is 11.6 Å². The van der Waals surface area contributed by atoms with E-state index in [2.05, 4.69) is 10.3 Å². The van der Waals surface area contributed by atoms with Crippen LogP contribution in [0, 0.1) is 0 Å². The number of amides is 1. The average Bonchev–Trinajstić information content (AvgIpc) is 2.92. The number of anilines is 1. The normalized spacial score (nSPS) is 11.4. The molecule has 2 aromatic rings. The molecule has 1 amide bonds. The summed E-state index contributed by atoms with van der Waals surface area (Å²) < 4.78 is 1.99. The molecule has 0 fully saturated rings. The van der Waals surface area contributed by atoms with Gasteiger partial charge >= 0.3 is 0 Å². The van der Waals surface area contributed by atoms with E-state index in [1.807, 2.05) is 55.0 Å². The van der Waals surface area contributed by atoms with Gasteiger partial charge in [0.25, 0.3) is 5.91 Å². The Morgan fingerprint density at radius 1 is 1.45 bits per heavy atom. The van der Waals surface area contributed by atoms with Gasteiger partial charge in [0.15, 0.2) is 0 Å². The summed E-state index contributed by atoms with van der Waals surface area (Å²) in [6.45, 7) is 4.59. The Kier molecular flexibility index (Phi) is 4.71. The van der Waals surface area contributed by atoms with E-state index in [1.54, 1.807) is 12.5 Å². The Balaban J connectivity index is 2.06. The molecule has 2 rings (SSSR count). The van der Waals surface area contributed by atoms with Crippen LogP contribution in [0.2, 0.25) is 0 Å². The van der Waals surface area contributed by atoms with Gasteiger partial charge in [0.2, 0.25) is 0 Å². The van der Waals surface area contributed by atoms with Crippen molar-refractivity contribution < 1.29 is 4.79 Å². The van der Waals surface area contributed by atoms with E-state index in [1.165, 1.54) is 0 Å². The number of aromatic nitrogens is 2. The van der Waals surface area contributed by atoms with Gasteiger partial charge in [0.1, 0.15) is 0 Å². The molecule has 0 radical (unpaired) electrons. The van der Waals surface area contributed by atoms with E-state index >= 15 is 0 Å². The van der Waals surface area contributed by atoms with Gasteiger partial charge in [-0.2, -0.15) is 0 Å². The number of allylic oxidation sites excluding steroid dienone is 1. The van der Waals surface area contributed by atoms with Crippen molar-refractivity contribution in [1.29, 1.82) is 0 Å². The highest BCUT2D eigenvalue weighted by Gasteiger charge is 2.04. The maximum absolute atomic E-state index is 11.9. The maximum atomic E-state index is 11.9. The van der Waals surface area contributed by atoms with Crippen LogP contribution < -0.4 is 5.32 Å². The van der Waals surface area contributed by atoms with Gasteiger partial charge in [-0.1, -0.05) is 25.1 Å². The minimum Gasteiger partial charge on any atom is -0.333 e. The molecule has 0 bridgehead atoms. The zero-order valence-electron chi connectivity index (χ0n) is 11.8. The van der Waals surface area contributed by atoms with Crippen LogP contribution in [0.15, 0.2) is 54.6 Å². The Hall–Kier alpha value is -2.36. The minimum absolute atomic E-state index is 0.0494. The summed E-state index contributed by atoms with van der Waals surface area (Å²) in [5.41, 5.74) is 2.68. The highest BCUT2D eigenvalue weighted by Crippen LogP contribution is 2.13. The van der Waals surface area contributed by atoms with E-state index in [9.17, 15) is 4.79 Å². The molecule has 0 atom stereocenters. The van der Waals surface area contributed by atoms with Crippen molar-refractivity contribution in [1.82, 2.24) is 9.55 Å². The quantitative estimate of drug-likeness (QED) is 0.847. The smallest absolute Gasteiger partial charge is 0.250 e. The topological polar surface area (TPSA) is 46.9 Å².